The summed E-state index contributed by atoms with van der Waals surface area (Å²) in [4.78, 5) is 23.4. The first-order chi connectivity index (χ1) is 8.72. The van der Waals surface area contributed by atoms with Gasteiger partial charge in [0.2, 0.25) is 0 Å². The number of esters is 1. The first-order valence-electron chi connectivity index (χ1n) is 5.61. The van der Waals surface area contributed by atoms with Crippen LogP contribution in [0.25, 0.3) is 0 Å². The maximum absolute atomic E-state index is 12.3. The van der Waals surface area contributed by atoms with Gasteiger partial charge in [-0.3, -0.25) is 9.59 Å². The van der Waals surface area contributed by atoms with Crippen LogP contribution in [0.2, 0.25) is 0 Å². The van der Waals surface area contributed by atoms with Crippen LogP contribution < -0.4 is 0 Å². The molecule has 0 aromatic heterocycles. The van der Waals surface area contributed by atoms with Crippen molar-refractivity contribution in [2.45, 2.75) is 18.6 Å². The number of Topliss-reactive ketones (excluding diaryl/α,β-unsaturated/α-hetero) is 1. The molecule has 0 atom stereocenters. The van der Waals surface area contributed by atoms with Gasteiger partial charge in [-0.05, 0) is 13.8 Å². The topological polar surface area (TPSA) is 77.5 Å². The van der Waals surface area contributed by atoms with Crippen LogP contribution in [0.3, 0.4) is 0 Å². The number of carbonyl (C=O) groups is 2. The summed E-state index contributed by atoms with van der Waals surface area (Å²) in [5, 5.41) is 0. The minimum atomic E-state index is -3.94. The normalized spacial score (nSPS) is 11.9. The Bertz CT molecular complexity index is 572. The number of hydrogen-bond donors (Lipinski definition) is 0. The molecule has 0 fully saturated rings. The summed E-state index contributed by atoms with van der Waals surface area (Å²) in [6.07, 6.45) is 0. The van der Waals surface area contributed by atoms with E-state index in [1.54, 1.807) is 18.2 Å². The van der Waals surface area contributed by atoms with Gasteiger partial charge in [-0.25, -0.2) is 8.42 Å². The van der Waals surface area contributed by atoms with E-state index in [1.165, 1.54) is 26.0 Å². The van der Waals surface area contributed by atoms with E-state index in [9.17, 15) is 18.0 Å². The SMILES string of the molecule is COC(=O)CS(=O)(=O)C(C)(C)C(=O)c1ccccc1. The Morgan fingerprint density at radius 1 is 1.16 bits per heavy atom. The van der Waals surface area contributed by atoms with Crippen LogP contribution in [0.5, 0.6) is 0 Å². The molecule has 0 N–H and O–H groups in total. The van der Waals surface area contributed by atoms with Gasteiger partial charge in [0, 0.05) is 5.56 Å². The van der Waals surface area contributed by atoms with Gasteiger partial charge in [0.15, 0.2) is 15.6 Å². The lowest BCUT2D eigenvalue weighted by atomic mass is 10.0. The smallest absolute Gasteiger partial charge is 0.320 e. The number of ketones is 1. The molecule has 0 spiro atoms. The van der Waals surface area contributed by atoms with Crippen molar-refractivity contribution in [1.82, 2.24) is 0 Å². The van der Waals surface area contributed by atoms with Gasteiger partial charge in [0.05, 0.1) is 7.11 Å². The van der Waals surface area contributed by atoms with Gasteiger partial charge in [-0.2, -0.15) is 0 Å². The highest BCUT2D eigenvalue weighted by Gasteiger charge is 2.43. The molecule has 0 amide bonds. The Kier molecular flexibility index (Phi) is 4.47. The Morgan fingerprint density at radius 3 is 2.16 bits per heavy atom. The van der Waals surface area contributed by atoms with Crippen molar-refractivity contribution < 1.29 is 22.7 Å². The van der Waals surface area contributed by atoms with E-state index in [-0.39, 0.29) is 0 Å². The third-order valence-electron chi connectivity index (χ3n) is 2.90. The van der Waals surface area contributed by atoms with E-state index in [4.69, 9.17) is 0 Å². The molecule has 104 valence electrons. The van der Waals surface area contributed by atoms with E-state index in [0.717, 1.165) is 7.11 Å². The molecule has 0 aliphatic rings. The average Bonchev–Trinajstić information content (AvgIpc) is 2.38. The molecule has 0 bridgehead atoms. The molecular formula is C13H16O5S. The van der Waals surface area contributed by atoms with Crippen LogP contribution in [0.1, 0.15) is 24.2 Å². The predicted octanol–water partition coefficient (Wildman–Crippen LogP) is 1.24. The zero-order valence-electron chi connectivity index (χ0n) is 11.0. The number of benzene rings is 1. The van der Waals surface area contributed by atoms with Gasteiger partial charge >= 0.3 is 5.97 Å². The molecular weight excluding hydrogens is 268 g/mol. The largest absolute Gasteiger partial charge is 0.468 e. The molecule has 0 aliphatic heterocycles. The average molecular weight is 284 g/mol. The van der Waals surface area contributed by atoms with Crippen LogP contribution in [0, 0.1) is 0 Å². The van der Waals surface area contributed by atoms with E-state index in [0.29, 0.717) is 5.56 Å². The van der Waals surface area contributed by atoms with Crippen molar-refractivity contribution in [3.05, 3.63) is 35.9 Å². The Morgan fingerprint density at radius 2 is 1.68 bits per heavy atom. The molecule has 19 heavy (non-hydrogen) atoms. The number of carbonyl (C=O) groups excluding carboxylic acids is 2. The highest BCUT2D eigenvalue weighted by atomic mass is 32.2. The lowest BCUT2D eigenvalue weighted by molar-refractivity contribution is -0.137. The van der Waals surface area contributed by atoms with Gasteiger partial charge in [-0.1, -0.05) is 30.3 Å². The first-order valence-corrected chi connectivity index (χ1v) is 7.26. The number of hydrogen-bond acceptors (Lipinski definition) is 5. The van der Waals surface area contributed by atoms with E-state index < -0.39 is 32.1 Å². The van der Waals surface area contributed by atoms with Gasteiger partial charge in [0.1, 0.15) is 10.5 Å². The predicted molar refractivity (Wildman–Crippen MR) is 70.7 cm³/mol. The molecule has 1 aromatic rings. The standard InChI is InChI=1S/C13H16O5S/c1-13(2,19(16,17)9-11(14)18-3)12(15)10-7-5-4-6-8-10/h4-8H,9H2,1-3H3. The maximum atomic E-state index is 12.3. The van der Waals surface area contributed by atoms with Crippen molar-refractivity contribution in [1.29, 1.82) is 0 Å². The minimum absolute atomic E-state index is 0.293. The third-order valence-corrected chi connectivity index (χ3v) is 5.25. The molecule has 0 unspecified atom stereocenters. The molecule has 0 aliphatic carbocycles. The molecule has 0 saturated heterocycles. The monoisotopic (exact) mass is 284 g/mol. The summed E-state index contributed by atoms with van der Waals surface area (Å²) < 4.78 is 26.9. The third kappa shape index (κ3) is 3.20. The Hall–Kier alpha value is -1.69. The Labute approximate surface area is 112 Å². The summed E-state index contributed by atoms with van der Waals surface area (Å²) in [5.74, 6) is -2.24. The molecule has 5 nitrogen and oxygen atoms in total. The summed E-state index contributed by atoms with van der Waals surface area (Å²) in [5.41, 5.74) is 0.293. The number of rotatable bonds is 5. The van der Waals surface area contributed by atoms with Crippen molar-refractivity contribution in [2.24, 2.45) is 0 Å². The van der Waals surface area contributed by atoms with Crippen LogP contribution in [-0.4, -0.2) is 37.8 Å². The summed E-state index contributed by atoms with van der Waals surface area (Å²) >= 11 is 0. The zero-order valence-corrected chi connectivity index (χ0v) is 11.9. The fourth-order valence-corrected chi connectivity index (χ4v) is 2.66. The van der Waals surface area contributed by atoms with Crippen LogP contribution in [0.15, 0.2) is 30.3 Å². The highest BCUT2D eigenvalue weighted by molar-refractivity contribution is 7.94. The summed E-state index contributed by atoms with van der Waals surface area (Å²) in [7, 11) is -2.84. The fourth-order valence-electron chi connectivity index (χ4n) is 1.47. The van der Waals surface area contributed by atoms with Crippen molar-refractivity contribution >= 4 is 21.6 Å². The van der Waals surface area contributed by atoms with Gasteiger partial charge < -0.3 is 4.74 Å². The second-order valence-electron chi connectivity index (χ2n) is 4.54. The molecule has 1 rings (SSSR count). The minimum Gasteiger partial charge on any atom is -0.468 e. The second kappa shape index (κ2) is 5.52. The van der Waals surface area contributed by atoms with E-state index >= 15 is 0 Å². The quantitative estimate of drug-likeness (QED) is 0.600. The highest BCUT2D eigenvalue weighted by Crippen LogP contribution is 2.23. The van der Waals surface area contributed by atoms with Crippen LogP contribution >= 0.6 is 0 Å². The van der Waals surface area contributed by atoms with Crippen molar-refractivity contribution in [3.63, 3.8) is 0 Å². The molecule has 0 heterocycles. The van der Waals surface area contributed by atoms with Crippen LogP contribution in [0.4, 0.5) is 0 Å². The molecule has 0 saturated carbocycles. The first kappa shape index (κ1) is 15.4. The lowest BCUT2D eigenvalue weighted by Gasteiger charge is -2.22. The van der Waals surface area contributed by atoms with E-state index in [1.807, 2.05) is 0 Å². The summed E-state index contributed by atoms with van der Waals surface area (Å²) in [6, 6.07) is 8.11. The van der Waals surface area contributed by atoms with Crippen molar-refractivity contribution in [2.75, 3.05) is 12.9 Å². The number of methoxy groups -OCH3 is 1. The lowest BCUT2D eigenvalue weighted by Crippen LogP contribution is -2.43. The second-order valence-corrected chi connectivity index (χ2v) is 7.08. The maximum Gasteiger partial charge on any atom is 0.320 e. The van der Waals surface area contributed by atoms with E-state index in [2.05, 4.69) is 4.74 Å². The van der Waals surface area contributed by atoms with Gasteiger partial charge in [-0.15, -0.1) is 0 Å². The van der Waals surface area contributed by atoms with Gasteiger partial charge in [0.25, 0.3) is 0 Å². The Balaban J connectivity index is 3.10. The molecule has 1 aromatic carbocycles. The summed E-state index contributed by atoms with van der Waals surface area (Å²) in [6.45, 7) is 2.58. The number of ether oxygens (including phenoxy) is 1. The van der Waals surface area contributed by atoms with Crippen molar-refractivity contribution in [3.8, 4) is 0 Å². The number of sulfone groups is 1. The molecule has 0 radical (unpaired) electrons. The zero-order chi connectivity index (χ0) is 14.7. The molecule has 6 heteroatoms. The van der Waals surface area contributed by atoms with Crippen LogP contribution in [-0.2, 0) is 19.4 Å². The fraction of sp³-hybridized carbons (Fsp3) is 0.385.